The summed E-state index contributed by atoms with van der Waals surface area (Å²) in [4.78, 5) is 30.3. The van der Waals surface area contributed by atoms with E-state index in [1.54, 1.807) is 42.5 Å². The van der Waals surface area contributed by atoms with Gasteiger partial charge in [-0.3, -0.25) is 9.59 Å². The van der Waals surface area contributed by atoms with Crippen LogP contribution in [-0.4, -0.2) is 73.1 Å². The van der Waals surface area contributed by atoms with Gasteiger partial charge in [0.05, 0.1) is 31.9 Å². The van der Waals surface area contributed by atoms with Crippen molar-refractivity contribution < 1.29 is 28.9 Å². The number of Topliss-reactive ketones (excluding diaryl/α,β-unsaturated/α-hetero) is 1. The predicted molar refractivity (Wildman–Crippen MR) is 139 cm³/mol. The molecule has 1 heterocycles. The van der Waals surface area contributed by atoms with Gasteiger partial charge in [-0.05, 0) is 56.8 Å². The Labute approximate surface area is 213 Å². The second kappa shape index (κ2) is 12.4. The molecular weight excluding hydrogens is 460 g/mol. The number of likely N-dealkylation sites (tertiary alicyclic amines) is 1. The summed E-state index contributed by atoms with van der Waals surface area (Å²) in [5, 5.41) is 11.3. The molecule has 0 aliphatic carbocycles. The number of nitrogens with zero attached hydrogens (tertiary/aromatic N) is 2. The monoisotopic (exact) mass is 496 g/mol. The molecule has 8 heteroatoms. The van der Waals surface area contributed by atoms with Crippen molar-refractivity contribution >= 4 is 17.4 Å². The standard InChI is InChI=1S/C28H36N2O6/c1-6-29(7-2)15-16-30-25(19-13-14-22(36-9-4)23(18-19)34-5)24(27(32)28(30)33)26(31)20-11-10-12-21(17-20)35-8-3/h10-14,17-18,25,31H,6-9,15-16H2,1-5H3. The molecule has 194 valence electrons. The molecule has 3 rings (SSSR count). The van der Waals surface area contributed by atoms with E-state index in [1.165, 1.54) is 12.0 Å². The Balaban J connectivity index is 2.15. The summed E-state index contributed by atoms with van der Waals surface area (Å²) in [5.74, 6) is 0.0270. The van der Waals surface area contributed by atoms with Crippen molar-refractivity contribution in [3.8, 4) is 17.2 Å². The third kappa shape index (κ3) is 5.65. The lowest BCUT2D eigenvalue weighted by molar-refractivity contribution is -0.140. The molecule has 2 aromatic carbocycles. The summed E-state index contributed by atoms with van der Waals surface area (Å²) in [6.07, 6.45) is 0. The van der Waals surface area contributed by atoms with Gasteiger partial charge in [0, 0.05) is 18.7 Å². The topological polar surface area (TPSA) is 88.5 Å². The van der Waals surface area contributed by atoms with Gasteiger partial charge in [-0.1, -0.05) is 32.0 Å². The van der Waals surface area contributed by atoms with Crippen molar-refractivity contribution in [2.75, 3.05) is 46.5 Å². The van der Waals surface area contributed by atoms with Gasteiger partial charge in [0.1, 0.15) is 11.5 Å². The summed E-state index contributed by atoms with van der Waals surface area (Å²) >= 11 is 0. The number of carbonyl (C=O) groups excluding carboxylic acids is 2. The maximum absolute atomic E-state index is 13.3. The van der Waals surface area contributed by atoms with Gasteiger partial charge in [-0.25, -0.2) is 0 Å². The van der Waals surface area contributed by atoms with Crippen LogP contribution in [0, 0.1) is 0 Å². The lowest BCUT2D eigenvalue weighted by atomic mass is 9.95. The Kier molecular flexibility index (Phi) is 9.36. The first kappa shape index (κ1) is 27.1. The maximum Gasteiger partial charge on any atom is 0.295 e. The lowest BCUT2D eigenvalue weighted by Gasteiger charge is -2.28. The largest absolute Gasteiger partial charge is 0.507 e. The van der Waals surface area contributed by atoms with Gasteiger partial charge in [0.15, 0.2) is 11.5 Å². The number of ether oxygens (including phenoxy) is 3. The van der Waals surface area contributed by atoms with Crippen molar-refractivity contribution in [1.82, 2.24) is 9.80 Å². The molecule has 8 nitrogen and oxygen atoms in total. The molecule has 2 aromatic rings. The lowest BCUT2D eigenvalue weighted by Crippen LogP contribution is -2.38. The SMILES string of the molecule is CCOc1cccc(C(O)=C2C(=O)C(=O)N(CCN(CC)CC)C2c2ccc(OCC)c(OC)c2)c1. The zero-order valence-electron chi connectivity index (χ0n) is 21.7. The van der Waals surface area contributed by atoms with E-state index in [9.17, 15) is 14.7 Å². The summed E-state index contributed by atoms with van der Waals surface area (Å²) < 4.78 is 16.7. The van der Waals surface area contributed by atoms with Crippen LogP contribution >= 0.6 is 0 Å². The zero-order chi connectivity index (χ0) is 26.2. The Hall–Kier alpha value is -3.52. The van der Waals surface area contributed by atoms with Crippen LogP contribution in [0.3, 0.4) is 0 Å². The number of likely N-dealkylation sites (N-methyl/N-ethyl adjacent to an activating group) is 1. The van der Waals surface area contributed by atoms with E-state index in [0.717, 1.165) is 13.1 Å². The quantitative estimate of drug-likeness (QED) is 0.267. The molecule has 1 fully saturated rings. The molecule has 36 heavy (non-hydrogen) atoms. The molecule has 1 aliphatic heterocycles. The van der Waals surface area contributed by atoms with Crippen molar-refractivity contribution in [1.29, 1.82) is 0 Å². The fourth-order valence-corrected chi connectivity index (χ4v) is 4.43. The van der Waals surface area contributed by atoms with Crippen molar-refractivity contribution in [3.63, 3.8) is 0 Å². The Morgan fingerprint density at radius 1 is 0.972 bits per heavy atom. The number of methoxy groups -OCH3 is 1. The van der Waals surface area contributed by atoms with Crippen molar-refractivity contribution in [2.24, 2.45) is 0 Å². The van der Waals surface area contributed by atoms with E-state index < -0.39 is 17.7 Å². The molecule has 0 radical (unpaired) electrons. The molecule has 0 bridgehead atoms. The molecule has 1 saturated heterocycles. The van der Waals surface area contributed by atoms with Gasteiger partial charge in [0.25, 0.3) is 11.7 Å². The highest BCUT2D eigenvalue weighted by molar-refractivity contribution is 6.46. The van der Waals surface area contributed by atoms with Crippen LogP contribution in [0.4, 0.5) is 0 Å². The molecule has 1 atom stereocenters. The molecule has 0 spiro atoms. The number of ketones is 1. The molecule has 1 N–H and O–H groups in total. The smallest absolute Gasteiger partial charge is 0.295 e. The number of amides is 1. The van der Waals surface area contributed by atoms with Crippen molar-refractivity contribution in [2.45, 2.75) is 33.7 Å². The number of aliphatic hydroxyl groups is 1. The molecular formula is C28H36N2O6. The van der Waals surface area contributed by atoms with Crippen LogP contribution in [0.2, 0.25) is 0 Å². The zero-order valence-corrected chi connectivity index (χ0v) is 21.7. The highest BCUT2D eigenvalue weighted by Gasteiger charge is 2.46. The van der Waals surface area contributed by atoms with Crippen LogP contribution in [0.5, 0.6) is 17.2 Å². The minimum atomic E-state index is -0.777. The van der Waals surface area contributed by atoms with Crippen LogP contribution < -0.4 is 14.2 Å². The Bertz CT molecular complexity index is 1110. The second-order valence-corrected chi connectivity index (χ2v) is 8.32. The average molecular weight is 497 g/mol. The molecule has 1 amide bonds. The normalized spacial score (nSPS) is 17.1. The summed E-state index contributed by atoms with van der Waals surface area (Å²) in [7, 11) is 1.54. The fourth-order valence-electron chi connectivity index (χ4n) is 4.43. The molecule has 0 aromatic heterocycles. The Morgan fingerprint density at radius 2 is 1.69 bits per heavy atom. The first-order chi connectivity index (χ1) is 17.4. The van der Waals surface area contributed by atoms with E-state index in [1.807, 2.05) is 13.8 Å². The van der Waals surface area contributed by atoms with E-state index in [4.69, 9.17) is 14.2 Å². The highest BCUT2D eigenvalue weighted by atomic mass is 16.5. The average Bonchev–Trinajstić information content (AvgIpc) is 3.14. The minimum Gasteiger partial charge on any atom is -0.507 e. The first-order valence-corrected chi connectivity index (χ1v) is 12.4. The van der Waals surface area contributed by atoms with E-state index in [2.05, 4.69) is 18.7 Å². The number of carbonyl (C=O) groups is 2. The predicted octanol–water partition coefficient (Wildman–Crippen LogP) is 4.26. The third-order valence-corrected chi connectivity index (χ3v) is 6.31. The van der Waals surface area contributed by atoms with Crippen LogP contribution in [-0.2, 0) is 9.59 Å². The molecule has 1 unspecified atom stereocenters. The van der Waals surface area contributed by atoms with E-state index >= 15 is 0 Å². The number of rotatable bonds is 12. The van der Waals surface area contributed by atoms with E-state index in [-0.39, 0.29) is 11.3 Å². The fraction of sp³-hybridized carbons (Fsp3) is 0.429. The number of hydrogen-bond acceptors (Lipinski definition) is 7. The van der Waals surface area contributed by atoms with Crippen molar-refractivity contribution in [3.05, 3.63) is 59.2 Å². The van der Waals surface area contributed by atoms with Gasteiger partial charge in [-0.15, -0.1) is 0 Å². The van der Waals surface area contributed by atoms with Crippen LogP contribution in [0.1, 0.15) is 44.9 Å². The molecule has 1 aliphatic rings. The number of hydrogen-bond donors (Lipinski definition) is 1. The van der Waals surface area contributed by atoms with Crippen LogP contribution in [0.15, 0.2) is 48.0 Å². The van der Waals surface area contributed by atoms with Gasteiger partial charge in [-0.2, -0.15) is 0 Å². The number of benzene rings is 2. The van der Waals surface area contributed by atoms with Gasteiger partial charge < -0.3 is 29.1 Å². The first-order valence-electron chi connectivity index (χ1n) is 12.4. The summed E-state index contributed by atoms with van der Waals surface area (Å²) in [6, 6.07) is 11.4. The maximum atomic E-state index is 13.3. The third-order valence-electron chi connectivity index (χ3n) is 6.31. The highest BCUT2D eigenvalue weighted by Crippen LogP contribution is 2.42. The summed E-state index contributed by atoms with van der Waals surface area (Å²) in [5.41, 5.74) is 1.10. The molecule has 0 saturated carbocycles. The van der Waals surface area contributed by atoms with Crippen LogP contribution in [0.25, 0.3) is 5.76 Å². The minimum absolute atomic E-state index is 0.0411. The number of aliphatic hydroxyl groups excluding tert-OH is 1. The van der Waals surface area contributed by atoms with Gasteiger partial charge >= 0.3 is 0 Å². The second-order valence-electron chi connectivity index (χ2n) is 8.32. The van der Waals surface area contributed by atoms with Gasteiger partial charge in [0.2, 0.25) is 0 Å². The Morgan fingerprint density at radius 3 is 2.33 bits per heavy atom. The summed E-state index contributed by atoms with van der Waals surface area (Å²) in [6.45, 7) is 11.4. The van der Waals surface area contributed by atoms with E-state index in [0.29, 0.717) is 54.7 Å².